The van der Waals surface area contributed by atoms with Crippen LogP contribution in [0.3, 0.4) is 0 Å². The van der Waals surface area contributed by atoms with Crippen molar-refractivity contribution < 1.29 is 14.6 Å². The number of ether oxygens (including phenoxy) is 1. The van der Waals surface area contributed by atoms with Crippen LogP contribution in [0.1, 0.15) is 40.0 Å². The van der Waals surface area contributed by atoms with Crippen LogP contribution in [0.15, 0.2) is 11.3 Å². The van der Waals surface area contributed by atoms with Gasteiger partial charge in [-0.2, -0.15) is 0 Å². The van der Waals surface area contributed by atoms with E-state index in [0.717, 1.165) is 19.3 Å². The van der Waals surface area contributed by atoms with Gasteiger partial charge in [-0.15, -0.1) is 0 Å². The van der Waals surface area contributed by atoms with E-state index in [0.29, 0.717) is 5.57 Å². The third kappa shape index (κ3) is 1.69. The monoisotopic (exact) mass is 184 g/mol. The highest BCUT2D eigenvalue weighted by Crippen LogP contribution is 2.35. The van der Waals surface area contributed by atoms with Crippen LogP contribution in [-0.2, 0) is 9.53 Å². The van der Waals surface area contributed by atoms with E-state index in [4.69, 9.17) is 4.74 Å². The van der Waals surface area contributed by atoms with E-state index in [9.17, 15) is 9.90 Å². The summed E-state index contributed by atoms with van der Waals surface area (Å²) in [5.41, 5.74) is 0.0860. The maximum atomic E-state index is 11.0. The third-order valence-corrected chi connectivity index (χ3v) is 2.67. The van der Waals surface area contributed by atoms with Gasteiger partial charge in [-0.1, -0.05) is 13.3 Å². The van der Waals surface area contributed by atoms with Crippen molar-refractivity contribution in [3.8, 4) is 0 Å². The van der Waals surface area contributed by atoms with Crippen molar-refractivity contribution in [3.63, 3.8) is 0 Å². The molecule has 1 rings (SSSR count). The fourth-order valence-corrected chi connectivity index (χ4v) is 1.49. The molecule has 1 atom stereocenters. The predicted molar refractivity (Wildman–Crippen MR) is 49.4 cm³/mol. The number of carbonyl (C=O) groups excluding carboxylic acids is 1. The molecular formula is C10H16O3. The summed E-state index contributed by atoms with van der Waals surface area (Å²) in [6, 6.07) is 0. The smallest absolute Gasteiger partial charge is 0.374 e. The van der Waals surface area contributed by atoms with Crippen molar-refractivity contribution in [2.75, 3.05) is 0 Å². The van der Waals surface area contributed by atoms with Crippen LogP contribution in [0.25, 0.3) is 0 Å². The SMILES string of the molecule is CCCC[C@@]1(C)OC(=O)C(O)=C1C. The summed E-state index contributed by atoms with van der Waals surface area (Å²) < 4.78 is 5.11. The lowest BCUT2D eigenvalue weighted by Crippen LogP contribution is -2.26. The number of esters is 1. The largest absolute Gasteiger partial charge is 0.502 e. The van der Waals surface area contributed by atoms with Gasteiger partial charge in [0.1, 0.15) is 5.60 Å². The van der Waals surface area contributed by atoms with Gasteiger partial charge in [0.2, 0.25) is 5.76 Å². The average molecular weight is 184 g/mol. The van der Waals surface area contributed by atoms with Gasteiger partial charge >= 0.3 is 5.97 Å². The molecule has 0 aromatic heterocycles. The summed E-state index contributed by atoms with van der Waals surface area (Å²) in [4.78, 5) is 11.0. The second-order valence-electron chi connectivity index (χ2n) is 3.70. The fourth-order valence-electron chi connectivity index (χ4n) is 1.49. The summed E-state index contributed by atoms with van der Waals surface area (Å²) in [5, 5.41) is 9.31. The topological polar surface area (TPSA) is 46.5 Å². The first-order valence-corrected chi connectivity index (χ1v) is 4.65. The first-order valence-electron chi connectivity index (χ1n) is 4.65. The lowest BCUT2D eigenvalue weighted by molar-refractivity contribution is -0.148. The van der Waals surface area contributed by atoms with Crippen LogP contribution in [0.5, 0.6) is 0 Å². The Labute approximate surface area is 78.4 Å². The van der Waals surface area contributed by atoms with Gasteiger partial charge in [-0.05, 0) is 26.7 Å². The van der Waals surface area contributed by atoms with Crippen LogP contribution in [0.2, 0.25) is 0 Å². The third-order valence-electron chi connectivity index (χ3n) is 2.67. The minimum atomic E-state index is -0.587. The highest BCUT2D eigenvalue weighted by Gasteiger charge is 2.41. The minimum absolute atomic E-state index is 0.210. The molecule has 0 amide bonds. The number of carbonyl (C=O) groups is 1. The molecule has 3 heteroatoms. The summed E-state index contributed by atoms with van der Waals surface area (Å²) in [5.74, 6) is -0.797. The quantitative estimate of drug-likeness (QED) is 0.685. The van der Waals surface area contributed by atoms with E-state index in [1.165, 1.54) is 0 Å². The zero-order chi connectivity index (χ0) is 10.1. The second-order valence-corrected chi connectivity index (χ2v) is 3.70. The number of unbranched alkanes of at least 4 members (excludes halogenated alkanes) is 1. The Balaban J connectivity index is 2.77. The summed E-state index contributed by atoms with van der Waals surface area (Å²) in [6.45, 7) is 5.67. The Kier molecular flexibility index (Phi) is 2.64. The first kappa shape index (κ1) is 10.1. The zero-order valence-electron chi connectivity index (χ0n) is 8.39. The maximum Gasteiger partial charge on any atom is 0.374 e. The number of cyclic esters (lactones) is 1. The molecule has 0 aromatic rings. The molecular weight excluding hydrogens is 168 g/mol. The van der Waals surface area contributed by atoms with Crippen LogP contribution in [0.4, 0.5) is 0 Å². The highest BCUT2D eigenvalue weighted by molar-refractivity contribution is 5.90. The predicted octanol–water partition coefficient (Wildman–Crippen LogP) is 2.32. The van der Waals surface area contributed by atoms with E-state index >= 15 is 0 Å². The van der Waals surface area contributed by atoms with Crippen LogP contribution in [-0.4, -0.2) is 16.7 Å². The van der Waals surface area contributed by atoms with E-state index in [1.54, 1.807) is 6.92 Å². The van der Waals surface area contributed by atoms with E-state index in [2.05, 4.69) is 6.92 Å². The van der Waals surface area contributed by atoms with Crippen LogP contribution >= 0.6 is 0 Å². The summed E-state index contributed by atoms with van der Waals surface area (Å²) in [6.07, 6.45) is 2.83. The van der Waals surface area contributed by atoms with E-state index in [1.807, 2.05) is 6.92 Å². The van der Waals surface area contributed by atoms with Crippen LogP contribution in [0, 0.1) is 0 Å². The van der Waals surface area contributed by atoms with Gasteiger partial charge in [0.05, 0.1) is 0 Å². The van der Waals surface area contributed by atoms with Gasteiger partial charge in [-0.3, -0.25) is 0 Å². The minimum Gasteiger partial charge on any atom is -0.502 e. The highest BCUT2D eigenvalue weighted by atomic mass is 16.6. The van der Waals surface area contributed by atoms with Gasteiger partial charge in [0.15, 0.2) is 0 Å². The van der Waals surface area contributed by atoms with Gasteiger partial charge in [0, 0.05) is 5.57 Å². The van der Waals surface area contributed by atoms with Crippen molar-refractivity contribution in [2.45, 2.75) is 45.6 Å². The number of aliphatic hydroxyl groups excluding tert-OH is 1. The molecule has 0 radical (unpaired) electrons. The Hall–Kier alpha value is -0.990. The molecule has 0 aromatic carbocycles. The molecule has 1 N–H and O–H groups in total. The molecule has 0 fully saturated rings. The summed E-state index contributed by atoms with van der Waals surface area (Å²) in [7, 11) is 0. The molecule has 1 aliphatic heterocycles. The van der Waals surface area contributed by atoms with Crippen molar-refractivity contribution >= 4 is 5.97 Å². The van der Waals surface area contributed by atoms with Gasteiger partial charge < -0.3 is 9.84 Å². The molecule has 0 aliphatic carbocycles. The molecule has 1 aliphatic rings. The number of hydrogen-bond acceptors (Lipinski definition) is 3. The molecule has 0 saturated carbocycles. The molecule has 13 heavy (non-hydrogen) atoms. The normalized spacial score (nSPS) is 28.1. The number of rotatable bonds is 3. The molecule has 0 spiro atoms. The van der Waals surface area contributed by atoms with Crippen molar-refractivity contribution in [3.05, 3.63) is 11.3 Å². The maximum absolute atomic E-state index is 11.0. The second kappa shape index (κ2) is 3.40. The Morgan fingerprint density at radius 2 is 2.15 bits per heavy atom. The Morgan fingerprint density at radius 3 is 2.54 bits per heavy atom. The molecule has 0 saturated heterocycles. The summed E-state index contributed by atoms with van der Waals surface area (Å²) >= 11 is 0. The lowest BCUT2D eigenvalue weighted by Gasteiger charge is -2.23. The molecule has 1 heterocycles. The van der Waals surface area contributed by atoms with Gasteiger partial charge in [-0.25, -0.2) is 4.79 Å². The molecule has 0 unspecified atom stereocenters. The van der Waals surface area contributed by atoms with Crippen molar-refractivity contribution in [1.29, 1.82) is 0 Å². The van der Waals surface area contributed by atoms with Crippen molar-refractivity contribution in [2.24, 2.45) is 0 Å². The van der Waals surface area contributed by atoms with Crippen molar-refractivity contribution in [1.82, 2.24) is 0 Å². The standard InChI is InChI=1S/C10H16O3/c1-4-5-6-10(3)7(2)8(11)9(12)13-10/h11H,4-6H2,1-3H3/t10-/m1/s1. The average Bonchev–Trinajstić information content (AvgIpc) is 2.28. The van der Waals surface area contributed by atoms with E-state index in [-0.39, 0.29) is 5.76 Å². The first-order chi connectivity index (χ1) is 6.01. The molecule has 0 bridgehead atoms. The van der Waals surface area contributed by atoms with E-state index < -0.39 is 11.6 Å². The Bertz CT molecular complexity index is 255. The Morgan fingerprint density at radius 1 is 1.54 bits per heavy atom. The number of aliphatic hydroxyl groups is 1. The number of hydrogen-bond donors (Lipinski definition) is 1. The van der Waals surface area contributed by atoms with Gasteiger partial charge in [0.25, 0.3) is 0 Å². The fraction of sp³-hybridized carbons (Fsp3) is 0.700. The zero-order valence-corrected chi connectivity index (χ0v) is 8.39. The lowest BCUT2D eigenvalue weighted by atomic mass is 9.92. The molecule has 3 nitrogen and oxygen atoms in total. The molecule has 74 valence electrons. The van der Waals surface area contributed by atoms with Crippen LogP contribution < -0.4 is 0 Å².